The standard InChI is InChI=1S/C14H17BF3NO2/c1-20-13-9(6-11(15)7-19-13)8-21-12-4-2-10(3-5-12)14(16,17)18/h6-7,10,12H,2-5,8H2,1H3. The van der Waals surface area contributed by atoms with E-state index in [1.807, 2.05) is 0 Å². The fourth-order valence-corrected chi connectivity index (χ4v) is 2.57. The third-order valence-corrected chi connectivity index (χ3v) is 3.75. The Hall–Kier alpha value is -1.24. The van der Waals surface area contributed by atoms with Crippen molar-refractivity contribution >= 4 is 13.3 Å². The molecule has 0 unspecified atom stereocenters. The minimum Gasteiger partial charge on any atom is -0.481 e. The van der Waals surface area contributed by atoms with Crippen LogP contribution in [0.3, 0.4) is 0 Å². The summed E-state index contributed by atoms with van der Waals surface area (Å²) >= 11 is 0. The summed E-state index contributed by atoms with van der Waals surface area (Å²) in [5.74, 6) is -0.769. The van der Waals surface area contributed by atoms with Crippen LogP contribution in [0.2, 0.25) is 0 Å². The number of aromatic nitrogens is 1. The quantitative estimate of drug-likeness (QED) is 0.801. The van der Waals surface area contributed by atoms with E-state index in [1.54, 1.807) is 6.07 Å². The minimum atomic E-state index is -4.09. The van der Waals surface area contributed by atoms with E-state index in [0.717, 1.165) is 0 Å². The van der Waals surface area contributed by atoms with E-state index in [1.165, 1.54) is 13.3 Å². The molecule has 1 heterocycles. The molecule has 0 saturated heterocycles. The van der Waals surface area contributed by atoms with Crippen LogP contribution in [0.5, 0.6) is 5.88 Å². The zero-order valence-electron chi connectivity index (χ0n) is 11.8. The molecular weight excluding hydrogens is 282 g/mol. The summed E-state index contributed by atoms with van der Waals surface area (Å²) < 4.78 is 48.5. The lowest BCUT2D eigenvalue weighted by Crippen LogP contribution is -2.30. The van der Waals surface area contributed by atoms with Gasteiger partial charge in [-0.15, -0.1) is 0 Å². The maximum atomic E-state index is 12.6. The van der Waals surface area contributed by atoms with Crippen LogP contribution in [0.25, 0.3) is 0 Å². The van der Waals surface area contributed by atoms with E-state index in [9.17, 15) is 13.2 Å². The minimum absolute atomic E-state index is 0.125. The molecule has 2 radical (unpaired) electrons. The molecule has 0 atom stereocenters. The Kier molecular flexibility index (Phi) is 5.14. The second-order valence-corrected chi connectivity index (χ2v) is 5.26. The maximum absolute atomic E-state index is 12.6. The van der Waals surface area contributed by atoms with Crippen LogP contribution in [0.4, 0.5) is 13.2 Å². The van der Waals surface area contributed by atoms with Crippen molar-refractivity contribution in [3.05, 3.63) is 17.8 Å². The molecule has 0 aromatic carbocycles. The number of nitrogens with zero attached hydrogens (tertiary/aromatic N) is 1. The highest BCUT2D eigenvalue weighted by Gasteiger charge is 2.41. The zero-order valence-corrected chi connectivity index (χ0v) is 11.8. The van der Waals surface area contributed by atoms with Gasteiger partial charge in [0.05, 0.1) is 25.7 Å². The van der Waals surface area contributed by atoms with Crippen molar-refractivity contribution in [2.24, 2.45) is 5.92 Å². The third kappa shape index (κ3) is 4.36. The fraction of sp³-hybridized carbons (Fsp3) is 0.643. The monoisotopic (exact) mass is 299 g/mol. The summed E-state index contributed by atoms with van der Waals surface area (Å²) in [5.41, 5.74) is 1.20. The molecule has 0 N–H and O–H groups in total. The van der Waals surface area contributed by atoms with Crippen molar-refractivity contribution in [2.75, 3.05) is 7.11 Å². The van der Waals surface area contributed by atoms with Crippen molar-refractivity contribution in [3.63, 3.8) is 0 Å². The fourth-order valence-electron chi connectivity index (χ4n) is 2.57. The van der Waals surface area contributed by atoms with Crippen molar-refractivity contribution in [3.8, 4) is 5.88 Å². The molecule has 1 aliphatic rings. The molecule has 3 nitrogen and oxygen atoms in total. The maximum Gasteiger partial charge on any atom is 0.391 e. The number of halogens is 3. The summed E-state index contributed by atoms with van der Waals surface area (Å²) in [6.45, 7) is 0.239. The van der Waals surface area contributed by atoms with Crippen molar-refractivity contribution in [2.45, 2.75) is 44.6 Å². The molecule has 0 aliphatic heterocycles. The van der Waals surface area contributed by atoms with Crippen molar-refractivity contribution in [1.29, 1.82) is 0 Å². The van der Waals surface area contributed by atoms with E-state index in [2.05, 4.69) is 4.98 Å². The van der Waals surface area contributed by atoms with Gasteiger partial charge in [-0.2, -0.15) is 13.2 Å². The molecule has 7 heteroatoms. The molecule has 114 valence electrons. The number of methoxy groups -OCH3 is 1. The highest BCUT2D eigenvalue weighted by molar-refractivity contribution is 6.32. The number of ether oxygens (including phenoxy) is 2. The van der Waals surface area contributed by atoms with Crippen LogP contribution >= 0.6 is 0 Å². The van der Waals surface area contributed by atoms with Gasteiger partial charge in [0.25, 0.3) is 0 Å². The smallest absolute Gasteiger partial charge is 0.391 e. The predicted molar refractivity (Wildman–Crippen MR) is 72.8 cm³/mol. The Morgan fingerprint density at radius 3 is 2.52 bits per heavy atom. The first-order valence-corrected chi connectivity index (χ1v) is 6.87. The molecule has 21 heavy (non-hydrogen) atoms. The summed E-state index contributed by atoms with van der Waals surface area (Å²) in [4.78, 5) is 4.03. The second kappa shape index (κ2) is 6.68. The number of hydrogen-bond donors (Lipinski definition) is 0. The number of pyridine rings is 1. The van der Waals surface area contributed by atoms with Gasteiger partial charge in [-0.3, -0.25) is 0 Å². The van der Waals surface area contributed by atoms with Gasteiger partial charge >= 0.3 is 6.18 Å². The first kappa shape index (κ1) is 16.1. The molecule has 0 bridgehead atoms. The van der Waals surface area contributed by atoms with Crippen LogP contribution in [-0.4, -0.2) is 32.2 Å². The average Bonchev–Trinajstić information content (AvgIpc) is 2.45. The first-order chi connectivity index (χ1) is 9.90. The summed E-state index contributed by atoms with van der Waals surface area (Å²) in [7, 11) is 7.15. The van der Waals surface area contributed by atoms with Gasteiger partial charge in [0.1, 0.15) is 7.85 Å². The normalized spacial score (nSPS) is 23.0. The third-order valence-electron chi connectivity index (χ3n) is 3.75. The highest BCUT2D eigenvalue weighted by atomic mass is 19.4. The van der Waals surface area contributed by atoms with Gasteiger partial charge in [-0.1, -0.05) is 11.5 Å². The first-order valence-electron chi connectivity index (χ1n) is 6.87. The Bertz CT molecular complexity index is 474. The van der Waals surface area contributed by atoms with E-state index < -0.39 is 12.1 Å². The second-order valence-electron chi connectivity index (χ2n) is 5.26. The Morgan fingerprint density at radius 1 is 1.29 bits per heavy atom. The highest BCUT2D eigenvalue weighted by Crippen LogP contribution is 2.38. The topological polar surface area (TPSA) is 31.4 Å². The number of hydrogen-bond acceptors (Lipinski definition) is 3. The van der Waals surface area contributed by atoms with Crippen LogP contribution in [0, 0.1) is 5.92 Å². The zero-order chi connectivity index (χ0) is 15.5. The van der Waals surface area contributed by atoms with Gasteiger partial charge < -0.3 is 9.47 Å². The summed E-state index contributed by atoms with van der Waals surface area (Å²) in [6, 6.07) is 1.70. The lowest BCUT2D eigenvalue weighted by molar-refractivity contribution is -0.188. The summed E-state index contributed by atoms with van der Waals surface area (Å²) in [6.07, 6.45) is -1.68. The largest absolute Gasteiger partial charge is 0.481 e. The van der Waals surface area contributed by atoms with Gasteiger partial charge in [0, 0.05) is 11.8 Å². The molecule has 1 fully saturated rings. The van der Waals surface area contributed by atoms with Gasteiger partial charge in [0.2, 0.25) is 5.88 Å². The summed E-state index contributed by atoms with van der Waals surface area (Å²) in [5, 5.41) is 0. The number of rotatable bonds is 4. The SMILES string of the molecule is [B]c1cnc(OC)c(COC2CCC(C(F)(F)F)CC2)c1. The van der Waals surface area contributed by atoms with Gasteiger partial charge in [-0.05, 0) is 25.7 Å². The van der Waals surface area contributed by atoms with E-state index in [0.29, 0.717) is 29.7 Å². The molecule has 1 aliphatic carbocycles. The van der Waals surface area contributed by atoms with Crippen LogP contribution in [-0.2, 0) is 11.3 Å². The molecule has 1 saturated carbocycles. The lowest BCUT2D eigenvalue weighted by atomic mass is 9.87. The van der Waals surface area contributed by atoms with E-state index in [4.69, 9.17) is 17.3 Å². The van der Waals surface area contributed by atoms with Crippen molar-refractivity contribution < 1.29 is 22.6 Å². The Labute approximate surface area is 123 Å². The Balaban J connectivity index is 1.86. The molecule has 1 aromatic heterocycles. The van der Waals surface area contributed by atoms with Crippen molar-refractivity contribution in [1.82, 2.24) is 4.98 Å². The average molecular weight is 299 g/mol. The number of alkyl halides is 3. The molecule has 0 amide bonds. The molecule has 2 rings (SSSR count). The lowest BCUT2D eigenvalue weighted by Gasteiger charge is -2.29. The predicted octanol–water partition coefficient (Wildman–Crippen LogP) is 2.52. The van der Waals surface area contributed by atoms with E-state index in [-0.39, 0.29) is 25.6 Å². The Morgan fingerprint density at radius 2 is 1.95 bits per heavy atom. The molecular formula is C14H17BF3NO2. The van der Waals surface area contributed by atoms with Crippen LogP contribution < -0.4 is 10.2 Å². The van der Waals surface area contributed by atoms with Gasteiger partial charge in [0.15, 0.2) is 0 Å². The van der Waals surface area contributed by atoms with Crippen LogP contribution in [0.15, 0.2) is 12.3 Å². The molecule has 0 spiro atoms. The van der Waals surface area contributed by atoms with E-state index >= 15 is 0 Å². The van der Waals surface area contributed by atoms with Crippen LogP contribution in [0.1, 0.15) is 31.2 Å². The van der Waals surface area contributed by atoms with Gasteiger partial charge in [-0.25, -0.2) is 4.98 Å². The molecule has 1 aromatic rings.